The second-order valence-corrected chi connectivity index (χ2v) is 11.2. The first-order valence-corrected chi connectivity index (χ1v) is 13.4. The summed E-state index contributed by atoms with van der Waals surface area (Å²) in [4.78, 5) is 27.1. The zero-order chi connectivity index (χ0) is 32.3. The Morgan fingerprint density at radius 1 is 1.00 bits per heavy atom. The number of nitrogens with zero attached hydrogens (tertiary/aromatic N) is 4. The number of alkyl carbamates (subject to hydrolysis) is 1. The standard InChI is InChI=1S/C27H27Cl2F6N5O3/c1-15(19-7-5-6-8-20(19)28)39(10-9-36-24(42)43-25(2,3)4)23(41)21-22(29)40(38-37-21)14-16-11-17(26(30,31)32)13-18(12-16)27(33,34)35/h5-8,11-13,15H,9-10,14H2,1-4H3,(H,36,42). The third-order valence-corrected chi connectivity index (χ3v) is 6.68. The zero-order valence-corrected chi connectivity index (χ0v) is 24.8. The number of hydrogen-bond acceptors (Lipinski definition) is 5. The first-order valence-electron chi connectivity index (χ1n) is 12.7. The molecule has 8 nitrogen and oxygen atoms in total. The van der Waals surface area contributed by atoms with Crippen molar-refractivity contribution < 1.29 is 40.7 Å². The fourth-order valence-electron chi connectivity index (χ4n) is 4.00. The van der Waals surface area contributed by atoms with Crippen molar-refractivity contribution in [3.05, 3.63) is 80.6 Å². The molecule has 0 saturated carbocycles. The van der Waals surface area contributed by atoms with Crippen LogP contribution in [0.15, 0.2) is 42.5 Å². The van der Waals surface area contributed by atoms with Gasteiger partial charge < -0.3 is 15.0 Å². The predicted octanol–water partition coefficient (Wildman–Crippen LogP) is 7.40. The maximum absolute atomic E-state index is 13.7. The average Bonchev–Trinajstić information content (AvgIpc) is 3.23. The van der Waals surface area contributed by atoms with Crippen LogP contribution in [0.25, 0.3) is 0 Å². The summed E-state index contributed by atoms with van der Waals surface area (Å²) in [5.74, 6) is -0.783. The molecule has 1 N–H and O–H groups in total. The molecule has 234 valence electrons. The summed E-state index contributed by atoms with van der Waals surface area (Å²) < 4.78 is 85.9. The summed E-state index contributed by atoms with van der Waals surface area (Å²) in [6.07, 6.45) is -10.8. The van der Waals surface area contributed by atoms with E-state index >= 15 is 0 Å². The predicted molar refractivity (Wildman–Crippen MR) is 146 cm³/mol. The van der Waals surface area contributed by atoms with Gasteiger partial charge >= 0.3 is 18.4 Å². The summed E-state index contributed by atoms with van der Waals surface area (Å²) in [5.41, 5.74) is -4.08. The van der Waals surface area contributed by atoms with Crippen molar-refractivity contribution in [3.8, 4) is 0 Å². The number of alkyl halides is 6. The number of benzene rings is 2. The highest BCUT2D eigenvalue weighted by atomic mass is 35.5. The lowest BCUT2D eigenvalue weighted by atomic mass is 10.0. The molecule has 0 fully saturated rings. The van der Waals surface area contributed by atoms with Crippen LogP contribution in [0.5, 0.6) is 0 Å². The van der Waals surface area contributed by atoms with Crippen molar-refractivity contribution in [2.75, 3.05) is 13.1 Å². The molecule has 1 aromatic heterocycles. The molecule has 0 aliphatic rings. The Hall–Kier alpha value is -3.52. The largest absolute Gasteiger partial charge is 0.444 e. The van der Waals surface area contributed by atoms with E-state index in [1.165, 1.54) is 4.90 Å². The molecular weight excluding hydrogens is 627 g/mol. The monoisotopic (exact) mass is 653 g/mol. The number of carbonyl (C=O) groups excluding carboxylic acids is 2. The van der Waals surface area contributed by atoms with Crippen molar-refractivity contribution >= 4 is 35.2 Å². The molecule has 2 amide bonds. The van der Waals surface area contributed by atoms with Crippen LogP contribution in [0.1, 0.15) is 66.5 Å². The van der Waals surface area contributed by atoms with Crippen LogP contribution in [0.3, 0.4) is 0 Å². The minimum absolute atomic E-state index is 0.000687. The smallest absolute Gasteiger partial charge is 0.416 e. The van der Waals surface area contributed by atoms with Gasteiger partial charge in [0.15, 0.2) is 10.8 Å². The summed E-state index contributed by atoms with van der Waals surface area (Å²) in [6.45, 7) is 5.89. The highest BCUT2D eigenvalue weighted by molar-refractivity contribution is 6.32. The van der Waals surface area contributed by atoms with Gasteiger partial charge in [-0.05, 0) is 63.1 Å². The van der Waals surface area contributed by atoms with E-state index in [9.17, 15) is 35.9 Å². The van der Waals surface area contributed by atoms with Crippen molar-refractivity contribution in [2.45, 2.75) is 58.2 Å². The number of amides is 2. The maximum atomic E-state index is 13.7. The quantitative estimate of drug-likeness (QED) is 0.256. The molecule has 1 heterocycles. The topological polar surface area (TPSA) is 89.3 Å². The number of nitrogens with one attached hydrogen (secondary N) is 1. The average molecular weight is 654 g/mol. The fourth-order valence-corrected chi connectivity index (χ4v) is 4.50. The van der Waals surface area contributed by atoms with Gasteiger partial charge in [0, 0.05) is 18.1 Å². The Labute approximate surface area is 252 Å². The van der Waals surface area contributed by atoms with E-state index in [1.807, 2.05) is 0 Å². The van der Waals surface area contributed by atoms with E-state index in [0.717, 1.165) is 4.68 Å². The summed E-state index contributed by atoms with van der Waals surface area (Å²) >= 11 is 12.7. The molecule has 0 saturated heterocycles. The second kappa shape index (κ2) is 13.0. The number of rotatable bonds is 8. The number of ether oxygens (including phenoxy) is 1. The molecule has 16 heteroatoms. The first-order chi connectivity index (χ1) is 19.8. The van der Waals surface area contributed by atoms with Gasteiger partial charge in [-0.2, -0.15) is 26.3 Å². The zero-order valence-electron chi connectivity index (χ0n) is 23.3. The van der Waals surface area contributed by atoms with Crippen LogP contribution in [0, 0.1) is 0 Å². The summed E-state index contributed by atoms with van der Waals surface area (Å²) in [6, 6.07) is 7.05. The minimum Gasteiger partial charge on any atom is -0.444 e. The van der Waals surface area contributed by atoms with E-state index in [2.05, 4.69) is 15.6 Å². The molecule has 1 atom stereocenters. The minimum atomic E-state index is -5.05. The van der Waals surface area contributed by atoms with Crippen LogP contribution in [-0.2, 0) is 23.6 Å². The molecule has 1 unspecified atom stereocenters. The molecular formula is C27H27Cl2F6N5O3. The third-order valence-electron chi connectivity index (χ3n) is 5.96. The van der Waals surface area contributed by atoms with Gasteiger partial charge in [0.2, 0.25) is 0 Å². The van der Waals surface area contributed by atoms with Crippen LogP contribution in [-0.4, -0.2) is 50.6 Å². The van der Waals surface area contributed by atoms with Crippen LogP contribution in [0.4, 0.5) is 31.1 Å². The Balaban J connectivity index is 1.92. The lowest BCUT2D eigenvalue weighted by Gasteiger charge is -2.30. The Kier molecular flexibility index (Phi) is 10.3. The lowest BCUT2D eigenvalue weighted by molar-refractivity contribution is -0.143. The molecule has 0 bridgehead atoms. The van der Waals surface area contributed by atoms with Gasteiger partial charge in [0.1, 0.15) is 5.60 Å². The van der Waals surface area contributed by atoms with Gasteiger partial charge in [0.05, 0.1) is 23.7 Å². The Bertz CT molecular complexity index is 1440. The fraction of sp³-hybridized carbons (Fsp3) is 0.407. The molecule has 3 aromatic rings. The molecule has 0 aliphatic carbocycles. The van der Waals surface area contributed by atoms with Gasteiger partial charge in [-0.3, -0.25) is 4.79 Å². The third kappa shape index (κ3) is 8.99. The van der Waals surface area contributed by atoms with Gasteiger partial charge in [-0.1, -0.05) is 46.6 Å². The first kappa shape index (κ1) is 34.0. The molecule has 0 aliphatic heterocycles. The Morgan fingerprint density at radius 2 is 1.58 bits per heavy atom. The van der Waals surface area contributed by atoms with E-state index in [-0.39, 0.29) is 19.2 Å². The van der Waals surface area contributed by atoms with E-state index in [1.54, 1.807) is 52.0 Å². The number of aromatic nitrogens is 3. The second-order valence-electron chi connectivity index (χ2n) is 10.4. The molecule has 43 heavy (non-hydrogen) atoms. The summed E-state index contributed by atoms with van der Waals surface area (Å²) in [5, 5.41) is 9.93. The lowest BCUT2D eigenvalue weighted by Crippen LogP contribution is -2.41. The van der Waals surface area contributed by atoms with E-state index < -0.39 is 70.1 Å². The number of carbonyl (C=O) groups is 2. The van der Waals surface area contributed by atoms with Crippen molar-refractivity contribution in [2.24, 2.45) is 0 Å². The number of hydrogen-bond donors (Lipinski definition) is 1. The van der Waals surface area contributed by atoms with Gasteiger partial charge in [-0.15, -0.1) is 5.10 Å². The molecule has 3 rings (SSSR count). The van der Waals surface area contributed by atoms with E-state index in [0.29, 0.717) is 22.7 Å². The molecule has 0 radical (unpaired) electrons. The Morgan fingerprint density at radius 3 is 2.12 bits per heavy atom. The highest BCUT2D eigenvalue weighted by Gasteiger charge is 2.37. The highest BCUT2D eigenvalue weighted by Crippen LogP contribution is 2.37. The van der Waals surface area contributed by atoms with Crippen LogP contribution in [0.2, 0.25) is 10.2 Å². The molecule has 2 aromatic carbocycles. The van der Waals surface area contributed by atoms with Gasteiger partial charge in [0.25, 0.3) is 5.91 Å². The van der Waals surface area contributed by atoms with Crippen molar-refractivity contribution in [1.29, 1.82) is 0 Å². The van der Waals surface area contributed by atoms with Crippen LogP contribution < -0.4 is 5.32 Å². The normalized spacial score (nSPS) is 13.0. The maximum Gasteiger partial charge on any atom is 0.416 e. The SMILES string of the molecule is CC(c1ccccc1Cl)N(CCNC(=O)OC(C)(C)C)C(=O)c1nnn(Cc2cc(C(F)(F)F)cc(C(F)(F)F)c2)c1Cl. The summed E-state index contributed by atoms with van der Waals surface area (Å²) in [7, 11) is 0. The number of halogens is 8. The van der Waals surface area contributed by atoms with Crippen molar-refractivity contribution in [3.63, 3.8) is 0 Å². The van der Waals surface area contributed by atoms with Crippen LogP contribution >= 0.6 is 23.2 Å². The van der Waals surface area contributed by atoms with E-state index in [4.69, 9.17) is 27.9 Å². The van der Waals surface area contributed by atoms with Crippen molar-refractivity contribution in [1.82, 2.24) is 25.2 Å². The molecule has 0 spiro atoms. The van der Waals surface area contributed by atoms with Gasteiger partial charge in [-0.25, -0.2) is 9.48 Å².